The molecule has 2 atom stereocenters. The fourth-order valence-corrected chi connectivity index (χ4v) is 2.44. The van der Waals surface area contributed by atoms with Crippen LogP contribution in [0.15, 0.2) is 0 Å². The molecule has 0 aromatic rings. The third kappa shape index (κ3) is 4.01. The number of ether oxygens (including phenoxy) is 2. The summed E-state index contributed by atoms with van der Waals surface area (Å²) in [5.74, 6) is 0.319. The molecule has 3 N–H and O–H groups in total. The molecule has 0 aromatic carbocycles. The highest BCUT2D eigenvalue weighted by Crippen LogP contribution is 2.36. The normalized spacial score (nSPS) is 29.8. The van der Waals surface area contributed by atoms with Gasteiger partial charge in [-0.2, -0.15) is 0 Å². The summed E-state index contributed by atoms with van der Waals surface area (Å²) in [5.41, 5.74) is 4.99. The highest BCUT2D eigenvalue weighted by molar-refractivity contribution is 4.92. The lowest BCUT2D eigenvalue weighted by Crippen LogP contribution is -2.41. The molecule has 4 heteroatoms. The predicted octanol–water partition coefficient (Wildman–Crippen LogP) is 0.920. The summed E-state index contributed by atoms with van der Waals surface area (Å²) >= 11 is 0. The summed E-state index contributed by atoms with van der Waals surface area (Å²) < 4.78 is 10.4. The van der Waals surface area contributed by atoms with Gasteiger partial charge in [-0.05, 0) is 31.6 Å². The highest BCUT2D eigenvalue weighted by Gasteiger charge is 2.39. The Morgan fingerprint density at radius 1 is 1.38 bits per heavy atom. The third-order valence-corrected chi connectivity index (χ3v) is 3.52. The molecule has 1 saturated carbocycles. The van der Waals surface area contributed by atoms with Crippen LogP contribution in [0.4, 0.5) is 0 Å². The summed E-state index contributed by atoms with van der Waals surface area (Å²) in [5, 5.41) is 10.2. The van der Waals surface area contributed by atoms with Crippen molar-refractivity contribution in [2.24, 2.45) is 11.7 Å². The first-order valence-corrected chi connectivity index (χ1v) is 6.22. The maximum absolute atomic E-state index is 10.2. The molecule has 2 unspecified atom stereocenters. The smallest absolute Gasteiger partial charge is 0.0798 e. The van der Waals surface area contributed by atoms with Crippen LogP contribution in [0.5, 0.6) is 0 Å². The third-order valence-electron chi connectivity index (χ3n) is 3.52. The zero-order valence-electron chi connectivity index (χ0n) is 10.3. The summed E-state index contributed by atoms with van der Waals surface area (Å²) in [7, 11) is 1.69. The molecule has 0 aromatic heterocycles. The second kappa shape index (κ2) is 7.22. The van der Waals surface area contributed by atoms with Crippen LogP contribution in [0.2, 0.25) is 0 Å². The maximum atomic E-state index is 10.2. The molecule has 0 spiro atoms. The van der Waals surface area contributed by atoms with E-state index in [0.717, 1.165) is 51.9 Å². The van der Waals surface area contributed by atoms with Gasteiger partial charge in [-0.15, -0.1) is 0 Å². The number of rotatable bonds is 8. The zero-order valence-corrected chi connectivity index (χ0v) is 10.3. The Morgan fingerprint density at radius 3 is 2.88 bits per heavy atom. The molecule has 1 aliphatic rings. The van der Waals surface area contributed by atoms with E-state index in [4.69, 9.17) is 15.2 Å². The number of aliphatic hydroxyl groups is 1. The van der Waals surface area contributed by atoms with E-state index in [1.807, 2.05) is 0 Å². The van der Waals surface area contributed by atoms with Crippen LogP contribution in [-0.2, 0) is 9.47 Å². The Labute approximate surface area is 98.1 Å². The van der Waals surface area contributed by atoms with E-state index in [-0.39, 0.29) is 0 Å². The Bertz CT molecular complexity index is 189. The molecule has 1 fully saturated rings. The Kier molecular flexibility index (Phi) is 6.28. The largest absolute Gasteiger partial charge is 0.388 e. The van der Waals surface area contributed by atoms with E-state index in [1.54, 1.807) is 7.11 Å². The molecule has 4 nitrogen and oxygen atoms in total. The summed E-state index contributed by atoms with van der Waals surface area (Å²) in [6, 6.07) is 0. The summed E-state index contributed by atoms with van der Waals surface area (Å²) in [4.78, 5) is 0. The average molecular weight is 231 g/mol. The molecule has 96 valence electrons. The van der Waals surface area contributed by atoms with Crippen LogP contribution in [0.1, 0.15) is 32.1 Å². The van der Waals surface area contributed by atoms with Gasteiger partial charge in [-0.3, -0.25) is 0 Å². The lowest BCUT2D eigenvalue weighted by molar-refractivity contribution is -0.00537. The van der Waals surface area contributed by atoms with Gasteiger partial charge in [0, 0.05) is 33.5 Å². The van der Waals surface area contributed by atoms with Crippen molar-refractivity contribution < 1.29 is 14.6 Å². The second-order valence-electron chi connectivity index (χ2n) is 4.64. The van der Waals surface area contributed by atoms with Gasteiger partial charge in [0.25, 0.3) is 0 Å². The maximum Gasteiger partial charge on any atom is 0.0798 e. The van der Waals surface area contributed by atoms with E-state index in [2.05, 4.69) is 0 Å². The first kappa shape index (κ1) is 13.9. The number of nitrogens with two attached hydrogens (primary N) is 1. The average Bonchev–Trinajstić information content (AvgIpc) is 2.66. The molecule has 1 aliphatic carbocycles. The van der Waals surface area contributed by atoms with Gasteiger partial charge in [0.2, 0.25) is 0 Å². The first-order valence-electron chi connectivity index (χ1n) is 6.22. The van der Waals surface area contributed by atoms with Crippen LogP contribution in [-0.4, -0.2) is 44.2 Å². The monoisotopic (exact) mass is 231 g/mol. The van der Waals surface area contributed by atoms with Crippen molar-refractivity contribution >= 4 is 0 Å². The molecule has 0 heterocycles. The van der Waals surface area contributed by atoms with Gasteiger partial charge in [0.1, 0.15) is 0 Å². The van der Waals surface area contributed by atoms with Crippen molar-refractivity contribution in [2.75, 3.05) is 33.5 Å². The van der Waals surface area contributed by atoms with Crippen LogP contribution >= 0.6 is 0 Å². The van der Waals surface area contributed by atoms with Crippen LogP contribution in [0.3, 0.4) is 0 Å². The van der Waals surface area contributed by atoms with E-state index < -0.39 is 5.60 Å². The minimum Gasteiger partial charge on any atom is -0.388 e. The van der Waals surface area contributed by atoms with E-state index in [1.165, 1.54) is 0 Å². The number of methoxy groups -OCH3 is 1. The quantitative estimate of drug-likeness (QED) is 0.610. The van der Waals surface area contributed by atoms with Crippen LogP contribution < -0.4 is 5.73 Å². The molecular formula is C12H25NO3. The first-order chi connectivity index (χ1) is 7.73. The van der Waals surface area contributed by atoms with Crippen molar-refractivity contribution in [1.82, 2.24) is 0 Å². The molecular weight excluding hydrogens is 206 g/mol. The number of hydrogen-bond acceptors (Lipinski definition) is 4. The number of hydrogen-bond donors (Lipinski definition) is 2. The molecule has 16 heavy (non-hydrogen) atoms. The minimum absolute atomic E-state index is 0.319. The molecule has 1 rings (SSSR count). The predicted molar refractivity (Wildman–Crippen MR) is 63.3 cm³/mol. The van der Waals surface area contributed by atoms with Gasteiger partial charge in [-0.1, -0.05) is 6.42 Å². The van der Waals surface area contributed by atoms with Crippen LogP contribution in [0, 0.1) is 5.92 Å². The van der Waals surface area contributed by atoms with Crippen molar-refractivity contribution in [2.45, 2.75) is 37.7 Å². The second-order valence-corrected chi connectivity index (χ2v) is 4.64. The Hall–Kier alpha value is -0.160. The molecule has 0 amide bonds. The summed E-state index contributed by atoms with van der Waals surface area (Å²) in [6.07, 6.45) is 4.86. The minimum atomic E-state index is -0.629. The fourth-order valence-electron chi connectivity index (χ4n) is 2.44. The topological polar surface area (TPSA) is 64.7 Å². The SMILES string of the molecule is COCCCOCCC1CCCC1(O)CN. The standard InChI is InChI=1S/C12H25NO3/c1-15-7-3-8-16-9-5-11-4-2-6-12(11,14)10-13/h11,14H,2-10,13H2,1H3. The lowest BCUT2D eigenvalue weighted by Gasteiger charge is -2.28. The van der Waals surface area contributed by atoms with Crippen molar-refractivity contribution in [3.05, 3.63) is 0 Å². The lowest BCUT2D eigenvalue weighted by atomic mass is 9.88. The van der Waals surface area contributed by atoms with E-state index in [9.17, 15) is 5.11 Å². The highest BCUT2D eigenvalue weighted by atomic mass is 16.5. The Morgan fingerprint density at radius 2 is 2.19 bits per heavy atom. The van der Waals surface area contributed by atoms with Gasteiger partial charge in [-0.25, -0.2) is 0 Å². The van der Waals surface area contributed by atoms with Crippen molar-refractivity contribution in [3.8, 4) is 0 Å². The Balaban J connectivity index is 2.08. The van der Waals surface area contributed by atoms with E-state index >= 15 is 0 Å². The van der Waals surface area contributed by atoms with Gasteiger partial charge < -0.3 is 20.3 Å². The molecule has 0 saturated heterocycles. The zero-order chi connectivity index (χ0) is 11.9. The van der Waals surface area contributed by atoms with Gasteiger partial charge in [0.05, 0.1) is 5.60 Å². The van der Waals surface area contributed by atoms with E-state index in [0.29, 0.717) is 12.5 Å². The molecule has 0 aliphatic heterocycles. The van der Waals surface area contributed by atoms with Crippen molar-refractivity contribution in [1.29, 1.82) is 0 Å². The molecule has 0 radical (unpaired) electrons. The van der Waals surface area contributed by atoms with Crippen LogP contribution in [0.25, 0.3) is 0 Å². The van der Waals surface area contributed by atoms with Gasteiger partial charge >= 0.3 is 0 Å². The molecule has 0 bridgehead atoms. The summed E-state index contributed by atoms with van der Waals surface area (Å²) in [6.45, 7) is 2.58. The fraction of sp³-hybridized carbons (Fsp3) is 1.00. The van der Waals surface area contributed by atoms with Gasteiger partial charge in [0.15, 0.2) is 0 Å². The van der Waals surface area contributed by atoms with Crippen molar-refractivity contribution in [3.63, 3.8) is 0 Å².